The Labute approximate surface area is 61.3 Å². The first-order valence-corrected chi connectivity index (χ1v) is 3.82. The van der Waals surface area contributed by atoms with Crippen molar-refractivity contribution in [3.05, 3.63) is 0 Å². The normalized spacial score (nSPS) is 26.7. The highest BCUT2D eigenvalue weighted by atomic mass is 16.3. The Morgan fingerprint density at radius 2 is 1.70 bits per heavy atom. The van der Waals surface area contributed by atoms with Crippen molar-refractivity contribution in [3.63, 3.8) is 0 Å². The predicted molar refractivity (Wildman–Crippen MR) is 38.5 cm³/mol. The zero-order valence-electron chi connectivity index (χ0n) is 6.32. The summed E-state index contributed by atoms with van der Waals surface area (Å²) in [6.07, 6.45) is 1.01. The van der Waals surface area contributed by atoms with Crippen LogP contribution in [0.15, 0.2) is 0 Å². The number of nitrogens with zero attached hydrogens (tertiary/aromatic N) is 1. The Hall–Kier alpha value is -0.120. The number of likely N-dealkylation sites (tertiary alicyclic amines) is 1. The third kappa shape index (κ3) is 1.68. The van der Waals surface area contributed by atoms with E-state index in [0.29, 0.717) is 0 Å². The van der Waals surface area contributed by atoms with Gasteiger partial charge in [0.1, 0.15) is 6.23 Å². The molecule has 0 amide bonds. The maximum Gasteiger partial charge on any atom is 0.133 e. The van der Waals surface area contributed by atoms with Gasteiger partial charge in [-0.15, -0.1) is 0 Å². The van der Waals surface area contributed by atoms with Gasteiger partial charge in [-0.2, -0.15) is 0 Å². The first-order chi connectivity index (χ1) is 4.72. The zero-order valence-corrected chi connectivity index (χ0v) is 6.32. The van der Waals surface area contributed by atoms with Crippen LogP contribution >= 0.6 is 0 Å². The molecule has 1 rings (SSSR count). The molecular weight excluding hydrogens is 130 g/mol. The van der Waals surface area contributed by atoms with Gasteiger partial charge in [-0.05, 0) is 19.8 Å². The Bertz CT molecular complexity index is 99.8. The number of aliphatic hydroxyl groups excluding tert-OH is 2. The quantitative estimate of drug-likeness (QED) is 0.564. The van der Waals surface area contributed by atoms with E-state index in [9.17, 15) is 5.11 Å². The van der Waals surface area contributed by atoms with Crippen LogP contribution in [0.5, 0.6) is 0 Å². The first kappa shape index (κ1) is 7.98. The third-order valence-electron chi connectivity index (χ3n) is 1.95. The molecule has 1 aliphatic heterocycles. The van der Waals surface area contributed by atoms with Crippen LogP contribution in [-0.4, -0.2) is 40.5 Å². The van der Waals surface area contributed by atoms with Crippen molar-refractivity contribution < 1.29 is 10.2 Å². The first-order valence-electron chi connectivity index (χ1n) is 3.82. The monoisotopic (exact) mass is 145 g/mol. The highest BCUT2D eigenvalue weighted by Crippen LogP contribution is 2.11. The number of hydrogen-bond acceptors (Lipinski definition) is 3. The summed E-state index contributed by atoms with van der Waals surface area (Å²) in [6, 6.07) is 0. The minimum Gasteiger partial charge on any atom is -0.389 e. The highest BCUT2D eigenvalue weighted by Gasteiger charge is 2.22. The second-order valence-corrected chi connectivity index (χ2v) is 2.90. The van der Waals surface area contributed by atoms with Crippen molar-refractivity contribution in [2.45, 2.75) is 32.1 Å². The van der Waals surface area contributed by atoms with E-state index in [2.05, 4.69) is 0 Å². The molecule has 60 valence electrons. The summed E-state index contributed by atoms with van der Waals surface area (Å²) >= 11 is 0. The van der Waals surface area contributed by atoms with Crippen LogP contribution in [0.4, 0.5) is 0 Å². The molecule has 3 heteroatoms. The van der Waals surface area contributed by atoms with E-state index in [4.69, 9.17) is 5.11 Å². The van der Waals surface area contributed by atoms with E-state index in [-0.39, 0.29) is 0 Å². The second kappa shape index (κ2) is 3.32. The van der Waals surface area contributed by atoms with E-state index in [1.165, 1.54) is 0 Å². The minimum atomic E-state index is -0.650. The minimum absolute atomic E-state index is 0.627. The fraction of sp³-hybridized carbons (Fsp3) is 1.00. The van der Waals surface area contributed by atoms with Crippen LogP contribution in [0.3, 0.4) is 0 Å². The summed E-state index contributed by atoms with van der Waals surface area (Å²) in [5.74, 6) is 0. The fourth-order valence-electron chi connectivity index (χ4n) is 1.31. The van der Waals surface area contributed by atoms with Gasteiger partial charge in [0.25, 0.3) is 0 Å². The smallest absolute Gasteiger partial charge is 0.133 e. The Balaban J connectivity index is 2.32. The van der Waals surface area contributed by atoms with Crippen LogP contribution in [0.2, 0.25) is 0 Å². The molecule has 2 N–H and O–H groups in total. The largest absolute Gasteiger partial charge is 0.389 e. The van der Waals surface area contributed by atoms with Crippen LogP contribution in [0.25, 0.3) is 0 Å². The lowest BCUT2D eigenvalue weighted by Gasteiger charge is -2.24. The van der Waals surface area contributed by atoms with E-state index in [1.54, 1.807) is 6.92 Å². The zero-order chi connectivity index (χ0) is 7.56. The number of aliphatic hydroxyl groups is 2. The topological polar surface area (TPSA) is 43.7 Å². The molecule has 0 aromatic rings. The summed E-state index contributed by atoms with van der Waals surface area (Å²) in [5.41, 5.74) is 0. The summed E-state index contributed by atoms with van der Waals surface area (Å²) in [7, 11) is 0. The van der Waals surface area contributed by atoms with E-state index >= 15 is 0 Å². The molecule has 0 bridgehead atoms. The molecule has 2 unspecified atom stereocenters. The molecule has 0 aromatic carbocycles. The van der Waals surface area contributed by atoms with Crippen molar-refractivity contribution in [2.75, 3.05) is 13.1 Å². The van der Waals surface area contributed by atoms with Crippen molar-refractivity contribution in [1.29, 1.82) is 0 Å². The number of rotatable bonds is 2. The van der Waals surface area contributed by atoms with Gasteiger partial charge in [0.15, 0.2) is 0 Å². The molecule has 1 aliphatic rings. The van der Waals surface area contributed by atoms with Gasteiger partial charge in [-0.1, -0.05) is 0 Å². The molecule has 1 heterocycles. The van der Waals surface area contributed by atoms with Gasteiger partial charge in [0.2, 0.25) is 0 Å². The molecule has 2 atom stereocenters. The second-order valence-electron chi connectivity index (χ2n) is 2.90. The molecule has 0 spiro atoms. The van der Waals surface area contributed by atoms with Crippen LogP contribution < -0.4 is 0 Å². The Morgan fingerprint density at radius 1 is 1.20 bits per heavy atom. The maximum absolute atomic E-state index is 9.30. The number of hydrogen-bond donors (Lipinski definition) is 2. The maximum atomic E-state index is 9.30. The van der Waals surface area contributed by atoms with Gasteiger partial charge in [-0.25, -0.2) is 0 Å². The molecule has 3 nitrogen and oxygen atoms in total. The molecule has 1 fully saturated rings. The fourth-order valence-corrected chi connectivity index (χ4v) is 1.31. The van der Waals surface area contributed by atoms with E-state index in [1.807, 2.05) is 4.90 Å². The van der Waals surface area contributed by atoms with Crippen LogP contribution in [0.1, 0.15) is 19.8 Å². The molecule has 0 radical (unpaired) electrons. The van der Waals surface area contributed by atoms with E-state index < -0.39 is 12.3 Å². The van der Waals surface area contributed by atoms with Gasteiger partial charge in [0.05, 0.1) is 6.10 Å². The summed E-state index contributed by atoms with van der Waals surface area (Å²) < 4.78 is 0. The Kier molecular flexibility index (Phi) is 2.65. The molecular formula is C7H15NO2. The van der Waals surface area contributed by atoms with Crippen molar-refractivity contribution in [3.8, 4) is 0 Å². The van der Waals surface area contributed by atoms with Gasteiger partial charge < -0.3 is 10.2 Å². The average molecular weight is 145 g/mol. The summed E-state index contributed by atoms with van der Waals surface area (Å²) in [6.45, 7) is 3.46. The lowest BCUT2D eigenvalue weighted by atomic mass is 10.3. The molecule has 0 saturated carbocycles. The van der Waals surface area contributed by atoms with Gasteiger partial charge in [0, 0.05) is 13.1 Å². The van der Waals surface area contributed by atoms with Crippen molar-refractivity contribution in [2.24, 2.45) is 0 Å². The van der Waals surface area contributed by atoms with Crippen LogP contribution in [0, 0.1) is 0 Å². The lowest BCUT2D eigenvalue weighted by molar-refractivity contribution is -0.0653. The summed E-state index contributed by atoms with van der Waals surface area (Å²) in [4.78, 5) is 1.91. The van der Waals surface area contributed by atoms with Crippen molar-refractivity contribution in [1.82, 2.24) is 4.90 Å². The highest BCUT2D eigenvalue weighted by molar-refractivity contribution is 4.71. The molecule has 0 aromatic heterocycles. The average Bonchev–Trinajstić information content (AvgIpc) is 2.36. The van der Waals surface area contributed by atoms with E-state index in [0.717, 1.165) is 25.9 Å². The lowest BCUT2D eigenvalue weighted by Crippen LogP contribution is -2.40. The van der Waals surface area contributed by atoms with Gasteiger partial charge in [-0.3, -0.25) is 4.90 Å². The van der Waals surface area contributed by atoms with Crippen LogP contribution in [-0.2, 0) is 0 Å². The molecule has 0 aliphatic carbocycles. The van der Waals surface area contributed by atoms with Crippen molar-refractivity contribution >= 4 is 0 Å². The summed E-state index contributed by atoms with van der Waals surface area (Å²) in [5, 5.41) is 18.3. The molecule has 1 saturated heterocycles. The van der Waals surface area contributed by atoms with Gasteiger partial charge >= 0.3 is 0 Å². The molecule has 10 heavy (non-hydrogen) atoms. The predicted octanol–water partition coefficient (Wildman–Crippen LogP) is -0.219. The standard InChI is InChI=1S/C7H15NO2/c1-6(9)7(10)8-4-2-3-5-8/h6-7,9-10H,2-5H2,1H3. The Morgan fingerprint density at radius 3 is 2.10 bits per heavy atom. The third-order valence-corrected chi connectivity index (χ3v) is 1.95. The SMILES string of the molecule is CC(O)C(O)N1CCCC1.